The zero-order valence-electron chi connectivity index (χ0n) is 16.7. The Labute approximate surface area is 178 Å². The Morgan fingerprint density at radius 1 is 1.19 bits per heavy atom. The van der Waals surface area contributed by atoms with E-state index in [1.54, 1.807) is 24.3 Å². The number of carbonyl (C=O) groups excluding carboxylic acids is 2. The Hall–Kier alpha value is -3.79. The molecule has 1 saturated heterocycles. The number of rotatable bonds is 9. The van der Waals surface area contributed by atoms with Crippen molar-refractivity contribution in [2.45, 2.75) is 18.9 Å². The van der Waals surface area contributed by atoms with E-state index in [2.05, 4.69) is 15.8 Å². The van der Waals surface area contributed by atoms with Crippen LogP contribution in [0, 0.1) is 10.1 Å². The summed E-state index contributed by atoms with van der Waals surface area (Å²) < 4.78 is 10.9. The van der Waals surface area contributed by atoms with Crippen molar-refractivity contribution in [3.63, 3.8) is 0 Å². The number of benzene rings is 2. The van der Waals surface area contributed by atoms with E-state index in [1.165, 1.54) is 30.5 Å². The monoisotopic (exact) mass is 426 g/mol. The normalized spacial score (nSPS) is 15.5. The van der Waals surface area contributed by atoms with Gasteiger partial charge in [-0.15, -0.1) is 0 Å². The van der Waals surface area contributed by atoms with Gasteiger partial charge in [-0.2, -0.15) is 5.10 Å². The molecular formula is C21H22N4O6. The summed E-state index contributed by atoms with van der Waals surface area (Å²) in [6, 6.07) is 12.0. The minimum absolute atomic E-state index is 0.0865. The number of hydrogen-bond acceptors (Lipinski definition) is 7. The Balaban J connectivity index is 1.40. The van der Waals surface area contributed by atoms with Gasteiger partial charge in [-0.25, -0.2) is 5.43 Å². The number of hydrazone groups is 1. The molecule has 2 aromatic rings. The first-order chi connectivity index (χ1) is 15.0. The van der Waals surface area contributed by atoms with Gasteiger partial charge in [0.1, 0.15) is 5.75 Å². The fraction of sp³-hybridized carbons (Fsp3) is 0.286. The van der Waals surface area contributed by atoms with Crippen LogP contribution in [0.25, 0.3) is 0 Å². The van der Waals surface area contributed by atoms with Gasteiger partial charge in [0.25, 0.3) is 17.5 Å². The third kappa shape index (κ3) is 6.89. The molecule has 3 rings (SSSR count). The van der Waals surface area contributed by atoms with Gasteiger partial charge in [0.15, 0.2) is 6.61 Å². The average molecular weight is 426 g/mol. The maximum Gasteiger partial charge on any atom is 0.271 e. The van der Waals surface area contributed by atoms with Crippen molar-refractivity contribution < 1.29 is 24.0 Å². The zero-order chi connectivity index (χ0) is 22.1. The second-order valence-electron chi connectivity index (χ2n) is 6.80. The fourth-order valence-electron chi connectivity index (χ4n) is 2.85. The van der Waals surface area contributed by atoms with E-state index < -0.39 is 10.8 Å². The van der Waals surface area contributed by atoms with Gasteiger partial charge < -0.3 is 14.8 Å². The van der Waals surface area contributed by atoms with E-state index >= 15 is 0 Å². The molecular weight excluding hydrogens is 404 g/mol. The van der Waals surface area contributed by atoms with Crippen LogP contribution < -0.4 is 15.5 Å². The van der Waals surface area contributed by atoms with E-state index in [-0.39, 0.29) is 29.9 Å². The van der Waals surface area contributed by atoms with Crippen LogP contribution in [0.15, 0.2) is 53.6 Å². The van der Waals surface area contributed by atoms with E-state index in [4.69, 9.17) is 9.47 Å². The predicted octanol–water partition coefficient (Wildman–Crippen LogP) is 2.03. The smallest absolute Gasteiger partial charge is 0.271 e. The highest BCUT2D eigenvalue weighted by Crippen LogP contribution is 2.13. The topological polar surface area (TPSA) is 132 Å². The maximum absolute atomic E-state index is 12.0. The molecule has 1 atom stereocenters. The van der Waals surface area contributed by atoms with Crippen LogP contribution in [0.1, 0.15) is 28.8 Å². The molecule has 2 aromatic carbocycles. The molecule has 0 bridgehead atoms. The van der Waals surface area contributed by atoms with Crippen molar-refractivity contribution in [2.24, 2.45) is 5.10 Å². The molecule has 0 radical (unpaired) electrons. The van der Waals surface area contributed by atoms with Crippen molar-refractivity contribution in [1.29, 1.82) is 0 Å². The molecule has 0 saturated carbocycles. The van der Waals surface area contributed by atoms with Crippen molar-refractivity contribution in [3.8, 4) is 5.75 Å². The van der Waals surface area contributed by atoms with Crippen LogP contribution in [0.3, 0.4) is 0 Å². The summed E-state index contributed by atoms with van der Waals surface area (Å²) >= 11 is 0. The molecule has 0 unspecified atom stereocenters. The molecule has 1 fully saturated rings. The molecule has 0 aliphatic carbocycles. The highest BCUT2D eigenvalue weighted by molar-refractivity contribution is 5.95. The van der Waals surface area contributed by atoms with Gasteiger partial charge in [-0.1, -0.05) is 0 Å². The van der Waals surface area contributed by atoms with Crippen molar-refractivity contribution in [1.82, 2.24) is 10.7 Å². The van der Waals surface area contributed by atoms with Crippen LogP contribution in [-0.4, -0.2) is 48.8 Å². The first-order valence-corrected chi connectivity index (χ1v) is 9.70. The van der Waals surface area contributed by atoms with Crippen LogP contribution in [0.5, 0.6) is 5.75 Å². The van der Waals surface area contributed by atoms with Gasteiger partial charge in [-0.05, 0) is 54.8 Å². The van der Waals surface area contributed by atoms with Crippen LogP contribution in [0.4, 0.5) is 5.69 Å². The van der Waals surface area contributed by atoms with E-state index in [9.17, 15) is 19.7 Å². The lowest BCUT2D eigenvalue weighted by Gasteiger charge is -2.11. The first kappa shape index (κ1) is 21.9. The summed E-state index contributed by atoms with van der Waals surface area (Å²) in [7, 11) is 0. The second-order valence-corrected chi connectivity index (χ2v) is 6.80. The van der Waals surface area contributed by atoms with Crippen molar-refractivity contribution >= 4 is 23.7 Å². The summed E-state index contributed by atoms with van der Waals surface area (Å²) in [4.78, 5) is 33.9. The molecule has 2 amide bonds. The number of amides is 2. The molecule has 1 aliphatic rings. The third-order valence-electron chi connectivity index (χ3n) is 4.52. The highest BCUT2D eigenvalue weighted by Gasteiger charge is 2.16. The lowest BCUT2D eigenvalue weighted by atomic mass is 10.2. The highest BCUT2D eigenvalue weighted by atomic mass is 16.6. The van der Waals surface area contributed by atoms with E-state index in [0.717, 1.165) is 19.4 Å². The van der Waals surface area contributed by atoms with Gasteiger partial charge >= 0.3 is 0 Å². The summed E-state index contributed by atoms with van der Waals surface area (Å²) in [6.07, 6.45) is 3.51. The Morgan fingerprint density at radius 3 is 2.58 bits per heavy atom. The number of nitrogens with one attached hydrogen (secondary N) is 2. The van der Waals surface area contributed by atoms with Gasteiger partial charge in [0.2, 0.25) is 0 Å². The summed E-state index contributed by atoms with van der Waals surface area (Å²) in [5.41, 5.74) is 3.22. The van der Waals surface area contributed by atoms with Gasteiger partial charge in [0, 0.05) is 30.8 Å². The number of nitrogens with zero attached hydrogens (tertiary/aromatic N) is 2. The Bertz CT molecular complexity index is 937. The summed E-state index contributed by atoms with van der Waals surface area (Å²) in [6.45, 7) is 1.14. The molecule has 1 heterocycles. The lowest BCUT2D eigenvalue weighted by molar-refractivity contribution is -0.384. The Morgan fingerprint density at radius 2 is 1.94 bits per heavy atom. The first-order valence-electron chi connectivity index (χ1n) is 9.70. The molecule has 10 heteroatoms. The quantitative estimate of drug-likeness (QED) is 0.358. The summed E-state index contributed by atoms with van der Waals surface area (Å²) in [5.74, 6) is -0.172. The molecule has 10 nitrogen and oxygen atoms in total. The van der Waals surface area contributed by atoms with Crippen LogP contribution in [0.2, 0.25) is 0 Å². The molecule has 31 heavy (non-hydrogen) atoms. The lowest BCUT2D eigenvalue weighted by Crippen LogP contribution is -2.35. The molecule has 162 valence electrons. The number of nitro groups is 1. The van der Waals surface area contributed by atoms with Gasteiger partial charge in [0.05, 0.1) is 17.2 Å². The SMILES string of the molecule is O=C(COc1ccc(/C=N\NC(=O)c2ccc([N+](=O)[O-])cc2)cc1)NC[C@H]1CCCO1. The molecule has 0 aromatic heterocycles. The number of carbonyl (C=O) groups is 2. The third-order valence-corrected chi connectivity index (χ3v) is 4.52. The van der Waals surface area contributed by atoms with E-state index in [0.29, 0.717) is 17.9 Å². The van der Waals surface area contributed by atoms with Gasteiger partial charge in [-0.3, -0.25) is 19.7 Å². The Kier molecular flexibility index (Phi) is 7.66. The average Bonchev–Trinajstić information content (AvgIpc) is 3.31. The minimum atomic E-state index is -0.537. The number of non-ortho nitro benzene ring substituents is 1. The number of hydrogen-bond donors (Lipinski definition) is 2. The van der Waals surface area contributed by atoms with Crippen LogP contribution in [-0.2, 0) is 9.53 Å². The second kappa shape index (κ2) is 10.8. The summed E-state index contributed by atoms with van der Waals surface area (Å²) in [5, 5.41) is 17.3. The molecule has 2 N–H and O–H groups in total. The number of nitro benzene ring substituents is 1. The maximum atomic E-state index is 12.0. The minimum Gasteiger partial charge on any atom is -0.484 e. The predicted molar refractivity (Wildman–Crippen MR) is 112 cm³/mol. The van der Waals surface area contributed by atoms with Crippen LogP contribution >= 0.6 is 0 Å². The number of ether oxygens (including phenoxy) is 2. The van der Waals surface area contributed by atoms with E-state index in [1.807, 2.05) is 0 Å². The largest absolute Gasteiger partial charge is 0.484 e. The fourth-order valence-corrected chi connectivity index (χ4v) is 2.85. The molecule has 1 aliphatic heterocycles. The standard InChI is InChI=1S/C21H22N4O6/c26-20(22-13-19-2-1-11-30-19)14-31-18-9-3-15(4-10-18)12-23-24-21(27)16-5-7-17(8-6-16)25(28)29/h3-10,12,19H,1-2,11,13-14H2,(H,22,26)(H,24,27)/b23-12-/t19-/m1/s1. The van der Waals surface area contributed by atoms with Crippen molar-refractivity contribution in [3.05, 3.63) is 69.8 Å². The zero-order valence-corrected chi connectivity index (χ0v) is 16.7. The molecule has 0 spiro atoms. The van der Waals surface area contributed by atoms with Crippen molar-refractivity contribution in [2.75, 3.05) is 19.8 Å².